The van der Waals surface area contributed by atoms with E-state index in [4.69, 9.17) is 29.2 Å². The number of esters is 2. The number of hydrogen-bond acceptors (Lipinski definition) is 10. The Morgan fingerprint density at radius 1 is 0.955 bits per heavy atom. The fourth-order valence-corrected chi connectivity index (χ4v) is 5.31. The summed E-state index contributed by atoms with van der Waals surface area (Å²) in [4.78, 5) is 43.5. The van der Waals surface area contributed by atoms with Crippen molar-refractivity contribution in [2.24, 2.45) is 0 Å². The molecule has 0 amide bonds. The van der Waals surface area contributed by atoms with Crippen LogP contribution in [0.1, 0.15) is 57.2 Å². The van der Waals surface area contributed by atoms with E-state index in [1.54, 1.807) is 43.6 Å². The Labute approximate surface area is 251 Å². The molecule has 4 aromatic rings. The molecule has 44 heavy (non-hydrogen) atoms. The van der Waals surface area contributed by atoms with E-state index in [2.05, 4.69) is 4.98 Å². The molecule has 1 fully saturated rings. The van der Waals surface area contributed by atoms with Gasteiger partial charge in [0.1, 0.15) is 29.3 Å². The molecule has 0 N–H and O–H groups in total. The van der Waals surface area contributed by atoms with E-state index in [0.29, 0.717) is 22.3 Å². The van der Waals surface area contributed by atoms with Crippen molar-refractivity contribution in [2.45, 2.75) is 37.6 Å². The summed E-state index contributed by atoms with van der Waals surface area (Å²) in [5, 5.41) is 18.2. The quantitative estimate of drug-likeness (QED) is 0.285. The van der Waals surface area contributed by atoms with Crippen LogP contribution in [0.15, 0.2) is 93.9 Å². The highest BCUT2D eigenvalue weighted by molar-refractivity contribution is 5.90. The minimum absolute atomic E-state index is 0.101. The van der Waals surface area contributed by atoms with Crippen molar-refractivity contribution in [1.29, 1.82) is 10.5 Å². The van der Waals surface area contributed by atoms with Crippen LogP contribution in [0, 0.1) is 22.7 Å². The second kappa shape index (κ2) is 11.3. The summed E-state index contributed by atoms with van der Waals surface area (Å²) in [6.45, 7) is 1.76. The molecule has 10 nitrogen and oxygen atoms in total. The van der Waals surface area contributed by atoms with Crippen LogP contribution >= 0.6 is 0 Å². The van der Waals surface area contributed by atoms with E-state index in [1.807, 2.05) is 12.1 Å². The number of nitrogens with zero attached hydrogens (tertiary/aromatic N) is 3. The number of fused-ring (bicyclic) bond motifs is 2. The number of benzene rings is 2. The summed E-state index contributed by atoms with van der Waals surface area (Å²) < 4.78 is 23.9. The van der Waals surface area contributed by atoms with Gasteiger partial charge in [-0.25, -0.2) is 14.4 Å². The standard InChI is InChI=1S/C34H23N3O7/c1-34-25(14-27-29(44-34)16-28(42-33(27)40)24-3-2-12-37-19-24)13-26(41-31(38)22-8-4-20(17-35)5-9-22)15-30(34)43-32(39)23-10-6-21(18-36)7-11-23/h2-12,14,16,19,26,30H,13,15H2,1H3/t26-,30-,34-/m0/s1. The average Bonchev–Trinajstić information content (AvgIpc) is 3.05. The van der Waals surface area contributed by atoms with Crippen LogP contribution in [0.2, 0.25) is 0 Å². The minimum atomic E-state index is -1.22. The summed E-state index contributed by atoms with van der Waals surface area (Å²) in [6, 6.07) is 21.1. The van der Waals surface area contributed by atoms with E-state index in [-0.39, 0.29) is 41.0 Å². The zero-order chi connectivity index (χ0) is 30.8. The predicted octanol–water partition coefficient (Wildman–Crippen LogP) is 5.22. The van der Waals surface area contributed by atoms with Crippen molar-refractivity contribution >= 4 is 18.0 Å². The van der Waals surface area contributed by atoms with Crippen LogP contribution in [0.4, 0.5) is 0 Å². The third-order valence-corrected chi connectivity index (χ3v) is 7.74. The Bertz CT molecular complexity index is 1930. The van der Waals surface area contributed by atoms with E-state index in [9.17, 15) is 14.4 Å². The normalized spacial score (nSPS) is 19.9. The molecule has 3 atom stereocenters. The second-order valence-electron chi connectivity index (χ2n) is 10.5. The van der Waals surface area contributed by atoms with Gasteiger partial charge in [-0.3, -0.25) is 4.98 Å². The highest BCUT2D eigenvalue weighted by Gasteiger charge is 2.51. The summed E-state index contributed by atoms with van der Waals surface area (Å²) in [6.07, 6.45) is 3.44. The first-order valence-corrected chi connectivity index (χ1v) is 13.7. The van der Waals surface area contributed by atoms with Gasteiger partial charge >= 0.3 is 17.6 Å². The Morgan fingerprint density at radius 2 is 1.59 bits per heavy atom. The van der Waals surface area contributed by atoms with Crippen molar-refractivity contribution in [1.82, 2.24) is 4.98 Å². The van der Waals surface area contributed by atoms with Crippen molar-refractivity contribution in [3.8, 4) is 29.2 Å². The number of ether oxygens (including phenoxy) is 3. The topological polar surface area (TPSA) is 153 Å². The van der Waals surface area contributed by atoms with Gasteiger partial charge in [0.05, 0.1) is 34.4 Å². The molecule has 0 saturated heterocycles. The first-order valence-electron chi connectivity index (χ1n) is 13.7. The molecule has 1 aliphatic carbocycles. The number of carbonyl (C=O) groups excluding carboxylic acids is 2. The molecule has 2 aromatic carbocycles. The molecule has 0 unspecified atom stereocenters. The molecule has 1 saturated carbocycles. The van der Waals surface area contributed by atoms with Gasteiger partial charge in [-0.1, -0.05) is 0 Å². The van der Waals surface area contributed by atoms with Crippen molar-refractivity contribution in [3.05, 3.63) is 123 Å². The van der Waals surface area contributed by atoms with Crippen LogP contribution in [0.25, 0.3) is 17.4 Å². The highest BCUT2D eigenvalue weighted by Crippen LogP contribution is 2.46. The lowest BCUT2D eigenvalue weighted by Crippen LogP contribution is -2.55. The smallest absolute Gasteiger partial charge is 0.347 e. The van der Waals surface area contributed by atoms with Gasteiger partial charge in [0, 0.05) is 36.9 Å². The maximum Gasteiger partial charge on any atom is 0.347 e. The highest BCUT2D eigenvalue weighted by atomic mass is 16.6. The molecule has 1 aliphatic heterocycles. The molecule has 0 spiro atoms. The van der Waals surface area contributed by atoms with Crippen LogP contribution in [-0.2, 0) is 9.47 Å². The van der Waals surface area contributed by atoms with E-state index in [1.165, 1.54) is 48.5 Å². The number of nitriles is 2. The largest absolute Gasteiger partial charge is 0.478 e. The Kier molecular flexibility index (Phi) is 7.26. The summed E-state index contributed by atoms with van der Waals surface area (Å²) in [5.41, 5.74) is 0.773. The molecule has 216 valence electrons. The molecular formula is C34H23N3O7. The molecule has 10 heteroatoms. The molecule has 2 aromatic heterocycles. The zero-order valence-corrected chi connectivity index (χ0v) is 23.4. The molecular weight excluding hydrogens is 562 g/mol. The minimum Gasteiger partial charge on any atom is -0.478 e. The van der Waals surface area contributed by atoms with E-state index in [0.717, 1.165) is 0 Å². The van der Waals surface area contributed by atoms with Crippen molar-refractivity contribution in [3.63, 3.8) is 0 Å². The van der Waals surface area contributed by atoms with Gasteiger partial charge in [0.2, 0.25) is 0 Å². The van der Waals surface area contributed by atoms with Crippen LogP contribution in [-0.4, -0.2) is 34.7 Å². The zero-order valence-electron chi connectivity index (χ0n) is 23.4. The Hall–Kier alpha value is -6.00. The molecule has 0 bridgehead atoms. The summed E-state index contributed by atoms with van der Waals surface area (Å²) >= 11 is 0. The number of rotatable bonds is 5. The van der Waals surface area contributed by atoms with Gasteiger partial charge in [0.15, 0.2) is 5.60 Å². The van der Waals surface area contributed by atoms with Crippen LogP contribution in [0.3, 0.4) is 0 Å². The molecule has 2 aliphatic rings. The third kappa shape index (κ3) is 5.33. The fourth-order valence-electron chi connectivity index (χ4n) is 5.31. The second-order valence-corrected chi connectivity index (χ2v) is 10.5. The van der Waals surface area contributed by atoms with Gasteiger partial charge in [-0.05, 0) is 79.2 Å². The van der Waals surface area contributed by atoms with Crippen molar-refractivity contribution < 1.29 is 28.2 Å². The first kappa shape index (κ1) is 28.1. The molecule has 0 radical (unpaired) electrons. The Morgan fingerprint density at radius 3 is 2.18 bits per heavy atom. The predicted molar refractivity (Wildman–Crippen MR) is 155 cm³/mol. The maximum atomic E-state index is 13.3. The van der Waals surface area contributed by atoms with Gasteiger partial charge in [-0.15, -0.1) is 0 Å². The lowest BCUT2D eigenvalue weighted by molar-refractivity contribution is -0.0818. The van der Waals surface area contributed by atoms with Gasteiger partial charge in [-0.2, -0.15) is 10.5 Å². The number of carbonyl (C=O) groups is 2. The number of pyridine rings is 1. The SMILES string of the molecule is C[C@]12Oc3cc(-c4cccnc4)oc(=O)c3C=C1C[C@H](OC(=O)c1ccc(C#N)cc1)C[C@@H]2OC(=O)c1ccc(C#N)cc1. The molecule has 3 heterocycles. The van der Waals surface area contributed by atoms with E-state index >= 15 is 0 Å². The maximum absolute atomic E-state index is 13.3. The van der Waals surface area contributed by atoms with Crippen molar-refractivity contribution in [2.75, 3.05) is 0 Å². The third-order valence-electron chi connectivity index (χ3n) is 7.74. The van der Waals surface area contributed by atoms with Crippen LogP contribution < -0.4 is 10.4 Å². The Balaban J connectivity index is 1.35. The summed E-state index contributed by atoms with van der Waals surface area (Å²) in [7, 11) is 0. The van der Waals surface area contributed by atoms with Gasteiger partial charge in [0.25, 0.3) is 0 Å². The van der Waals surface area contributed by atoms with Gasteiger partial charge < -0.3 is 18.6 Å². The fraction of sp³-hybridized carbons (Fsp3) is 0.176. The van der Waals surface area contributed by atoms with Crippen LogP contribution in [0.5, 0.6) is 5.75 Å². The number of hydrogen-bond donors (Lipinski definition) is 0. The summed E-state index contributed by atoms with van der Waals surface area (Å²) in [5.74, 6) is -0.756. The lowest BCUT2D eigenvalue weighted by Gasteiger charge is -2.46. The monoisotopic (exact) mass is 585 g/mol. The average molecular weight is 586 g/mol. The number of aromatic nitrogens is 1. The van der Waals surface area contributed by atoms with E-state index < -0.39 is 35.4 Å². The first-order chi connectivity index (χ1) is 21.3. The lowest BCUT2D eigenvalue weighted by atomic mass is 9.75. The molecule has 6 rings (SSSR count).